The summed E-state index contributed by atoms with van der Waals surface area (Å²) in [5.74, 6) is -2.48. The zero-order valence-electron chi connectivity index (χ0n) is 16.8. The normalized spacial score (nSPS) is 10.9. The molecule has 162 valence electrons. The summed E-state index contributed by atoms with van der Waals surface area (Å²) in [5, 5.41) is 6.61. The highest BCUT2D eigenvalue weighted by Crippen LogP contribution is 2.25. The summed E-state index contributed by atoms with van der Waals surface area (Å²) in [7, 11) is 0. The fraction of sp³-hybridized carbons (Fsp3) is 0.0870. The van der Waals surface area contributed by atoms with Gasteiger partial charge in [0.05, 0.1) is 17.9 Å². The number of carbonyl (C=O) groups excluding carboxylic acids is 1. The quantitative estimate of drug-likeness (QED) is 0.392. The Morgan fingerprint density at radius 2 is 1.88 bits per heavy atom. The molecule has 0 fully saturated rings. The lowest BCUT2D eigenvalue weighted by Crippen LogP contribution is -2.36. The fourth-order valence-electron chi connectivity index (χ4n) is 3.19. The number of anilines is 1. The molecule has 0 atom stereocenters. The van der Waals surface area contributed by atoms with Crippen LogP contribution in [0.5, 0.6) is 0 Å². The largest absolute Gasteiger partial charge is 0.299 e. The zero-order chi connectivity index (χ0) is 22.8. The van der Waals surface area contributed by atoms with Gasteiger partial charge in [0.1, 0.15) is 11.6 Å². The lowest BCUT2D eigenvalue weighted by molar-refractivity contribution is 0.0976. The molecule has 2 aromatic heterocycles. The van der Waals surface area contributed by atoms with Crippen LogP contribution in [0.25, 0.3) is 5.69 Å². The molecule has 0 N–H and O–H groups in total. The van der Waals surface area contributed by atoms with Gasteiger partial charge < -0.3 is 0 Å². The molecule has 0 saturated heterocycles. The van der Waals surface area contributed by atoms with Gasteiger partial charge in [-0.15, -0.1) is 11.3 Å². The third-order valence-electron chi connectivity index (χ3n) is 4.72. The Bertz CT molecular complexity index is 1340. The van der Waals surface area contributed by atoms with E-state index in [2.05, 4.69) is 5.10 Å². The molecule has 4 rings (SSSR count). The second kappa shape index (κ2) is 9.02. The molecular formula is C23H16ClF2N3O2S. The summed E-state index contributed by atoms with van der Waals surface area (Å²) in [6, 6.07) is 14.5. The van der Waals surface area contributed by atoms with Gasteiger partial charge in [-0.05, 0) is 54.8 Å². The van der Waals surface area contributed by atoms with Crippen LogP contribution < -0.4 is 10.3 Å². The Morgan fingerprint density at radius 1 is 1.12 bits per heavy atom. The van der Waals surface area contributed by atoms with Gasteiger partial charge in [-0.3, -0.25) is 14.5 Å². The molecule has 0 radical (unpaired) electrons. The van der Waals surface area contributed by atoms with E-state index in [9.17, 15) is 18.4 Å². The molecule has 32 heavy (non-hydrogen) atoms. The maximum Gasteiger partial charge on any atom is 0.283 e. The number of hydrogen-bond donors (Lipinski definition) is 0. The third kappa shape index (κ3) is 4.46. The van der Waals surface area contributed by atoms with Crippen LogP contribution in [0.3, 0.4) is 0 Å². The summed E-state index contributed by atoms with van der Waals surface area (Å²) < 4.78 is 29.5. The van der Waals surface area contributed by atoms with Crippen LogP contribution in [0.4, 0.5) is 14.5 Å². The first kappa shape index (κ1) is 21.9. The van der Waals surface area contributed by atoms with Gasteiger partial charge in [-0.1, -0.05) is 17.7 Å². The second-order valence-corrected chi connectivity index (χ2v) is 8.42. The molecule has 4 aromatic rings. The highest BCUT2D eigenvalue weighted by molar-refractivity contribution is 7.09. The van der Waals surface area contributed by atoms with Gasteiger partial charge in [0, 0.05) is 27.7 Å². The Balaban J connectivity index is 1.82. The van der Waals surface area contributed by atoms with Crippen molar-refractivity contribution in [3.63, 3.8) is 0 Å². The Kier molecular flexibility index (Phi) is 6.16. The molecule has 0 aliphatic carbocycles. The van der Waals surface area contributed by atoms with E-state index in [4.69, 9.17) is 11.6 Å². The molecule has 5 nitrogen and oxygen atoms in total. The molecule has 0 bridgehead atoms. The maximum absolute atomic E-state index is 14.6. The highest BCUT2D eigenvalue weighted by Gasteiger charge is 2.26. The molecule has 0 spiro atoms. The monoisotopic (exact) mass is 471 g/mol. The summed E-state index contributed by atoms with van der Waals surface area (Å²) >= 11 is 7.32. The minimum absolute atomic E-state index is 0.00497. The van der Waals surface area contributed by atoms with Crippen LogP contribution in [0.1, 0.15) is 21.1 Å². The van der Waals surface area contributed by atoms with E-state index < -0.39 is 23.0 Å². The molecular weight excluding hydrogens is 456 g/mol. The van der Waals surface area contributed by atoms with E-state index in [0.29, 0.717) is 22.5 Å². The number of carbonyl (C=O) groups is 1. The van der Waals surface area contributed by atoms with Crippen molar-refractivity contribution in [3.05, 3.63) is 109 Å². The van der Waals surface area contributed by atoms with Gasteiger partial charge in [0.2, 0.25) is 5.43 Å². The molecule has 0 aliphatic heterocycles. The molecule has 1 amide bonds. The summed E-state index contributed by atoms with van der Waals surface area (Å²) in [6.45, 7) is 1.68. The van der Waals surface area contributed by atoms with E-state index in [1.807, 2.05) is 5.38 Å². The van der Waals surface area contributed by atoms with Crippen LogP contribution in [0.2, 0.25) is 5.02 Å². The predicted molar refractivity (Wildman–Crippen MR) is 121 cm³/mol. The fourth-order valence-corrected chi connectivity index (χ4v) is 4.01. The van der Waals surface area contributed by atoms with E-state index >= 15 is 0 Å². The Morgan fingerprint density at radius 3 is 2.53 bits per heavy atom. The lowest BCUT2D eigenvalue weighted by atomic mass is 10.2. The number of thiophene rings is 1. The van der Waals surface area contributed by atoms with Gasteiger partial charge in [-0.2, -0.15) is 5.10 Å². The first-order valence-corrected chi connectivity index (χ1v) is 10.8. The van der Waals surface area contributed by atoms with Crippen molar-refractivity contribution >= 4 is 34.5 Å². The zero-order valence-corrected chi connectivity index (χ0v) is 18.3. The second-order valence-electron chi connectivity index (χ2n) is 6.95. The first-order chi connectivity index (χ1) is 15.3. The van der Waals surface area contributed by atoms with Crippen LogP contribution in [-0.4, -0.2) is 15.7 Å². The molecule has 9 heteroatoms. The smallest absolute Gasteiger partial charge is 0.283 e. The Labute approximate surface area is 191 Å². The molecule has 2 aromatic carbocycles. The number of rotatable bonds is 5. The average molecular weight is 472 g/mol. The van der Waals surface area contributed by atoms with Gasteiger partial charge in [-0.25, -0.2) is 13.5 Å². The molecule has 0 unspecified atom stereocenters. The van der Waals surface area contributed by atoms with E-state index in [-0.39, 0.29) is 17.9 Å². The number of halogens is 3. The van der Waals surface area contributed by atoms with E-state index in [1.54, 1.807) is 43.3 Å². The van der Waals surface area contributed by atoms with Crippen molar-refractivity contribution in [1.29, 1.82) is 0 Å². The number of hydrogen-bond acceptors (Lipinski definition) is 4. The number of aryl methyl sites for hydroxylation is 1. The van der Waals surface area contributed by atoms with Crippen molar-refractivity contribution in [2.24, 2.45) is 0 Å². The summed E-state index contributed by atoms with van der Waals surface area (Å²) in [5.41, 5.74) is -0.0303. The number of amides is 1. The van der Waals surface area contributed by atoms with E-state index in [0.717, 1.165) is 15.8 Å². The van der Waals surface area contributed by atoms with Crippen LogP contribution in [-0.2, 0) is 6.54 Å². The standard InChI is InChI=1S/C23H16ClF2N3O2S/c1-14-11-21(30)22(27-29(14)17-7-4-15(24)5-8-17)23(31)28(13-18-3-2-10-32-18)20-9-6-16(25)12-19(20)26/h2-12H,13H2,1H3. The predicted octanol–water partition coefficient (Wildman–Crippen LogP) is 5.38. The van der Waals surface area contributed by atoms with Gasteiger partial charge in [0.15, 0.2) is 5.69 Å². The Hall–Kier alpha value is -3.36. The van der Waals surface area contributed by atoms with Crippen molar-refractivity contribution in [3.8, 4) is 5.69 Å². The van der Waals surface area contributed by atoms with Crippen LogP contribution in [0, 0.1) is 18.6 Å². The summed E-state index contributed by atoms with van der Waals surface area (Å²) in [4.78, 5) is 28.0. The minimum Gasteiger partial charge on any atom is -0.299 e. The average Bonchev–Trinajstić information content (AvgIpc) is 3.26. The summed E-state index contributed by atoms with van der Waals surface area (Å²) in [6.07, 6.45) is 0. The number of nitrogens with zero attached hydrogens (tertiary/aromatic N) is 3. The van der Waals surface area contributed by atoms with Crippen molar-refractivity contribution in [2.45, 2.75) is 13.5 Å². The van der Waals surface area contributed by atoms with Crippen molar-refractivity contribution in [2.75, 3.05) is 4.90 Å². The molecule has 0 aliphatic rings. The van der Waals surface area contributed by atoms with Crippen molar-refractivity contribution < 1.29 is 13.6 Å². The number of benzene rings is 2. The minimum atomic E-state index is -0.917. The van der Waals surface area contributed by atoms with Gasteiger partial charge in [0.25, 0.3) is 5.91 Å². The molecule has 0 saturated carbocycles. The first-order valence-electron chi connectivity index (χ1n) is 9.49. The highest BCUT2D eigenvalue weighted by atomic mass is 35.5. The van der Waals surface area contributed by atoms with E-state index in [1.165, 1.54) is 28.2 Å². The van der Waals surface area contributed by atoms with Gasteiger partial charge >= 0.3 is 0 Å². The lowest BCUT2D eigenvalue weighted by Gasteiger charge is -2.23. The number of aromatic nitrogens is 2. The van der Waals surface area contributed by atoms with Crippen molar-refractivity contribution in [1.82, 2.24) is 9.78 Å². The third-order valence-corrected chi connectivity index (χ3v) is 5.83. The molecule has 2 heterocycles. The van der Waals surface area contributed by atoms with Crippen LogP contribution >= 0.6 is 22.9 Å². The maximum atomic E-state index is 14.6. The topological polar surface area (TPSA) is 55.2 Å². The SMILES string of the molecule is Cc1cc(=O)c(C(=O)N(Cc2cccs2)c2ccc(F)cc2F)nn1-c1ccc(Cl)cc1. The van der Waals surface area contributed by atoms with Crippen LogP contribution in [0.15, 0.2) is 70.8 Å².